The standard InChI is InChI=1S/C18H31N/c1-5-9-16(4)12-18(14-19-15(2)3)13-17-10-7-6-8-11-17/h6-8,10-11,15-16,18-19H,5,9,12-14H2,1-4H3. The van der Waals surface area contributed by atoms with Crippen LogP contribution in [0.4, 0.5) is 0 Å². The summed E-state index contributed by atoms with van der Waals surface area (Å²) in [5, 5.41) is 3.61. The van der Waals surface area contributed by atoms with Gasteiger partial charge in [0.2, 0.25) is 0 Å². The summed E-state index contributed by atoms with van der Waals surface area (Å²) in [6, 6.07) is 11.5. The van der Waals surface area contributed by atoms with E-state index in [0.717, 1.165) is 18.4 Å². The Kier molecular flexibility index (Phi) is 7.81. The van der Waals surface area contributed by atoms with E-state index in [2.05, 4.69) is 63.3 Å². The second-order valence-corrected chi connectivity index (χ2v) is 6.25. The summed E-state index contributed by atoms with van der Waals surface area (Å²) < 4.78 is 0. The van der Waals surface area contributed by atoms with Gasteiger partial charge in [0.1, 0.15) is 0 Å². The van der Waals surface area contributed by atoms with Gasteiger partial charge in [-0.05, 0) is 36.8 Å². The normalized spacial score (nSPS) is 14.6. The zero-order chi connectivity index (χ0) is 14.1. The minimum Gasteiger partial charge on any atom is -0.314 e. The van der Waals surface area contributed by atoms with E-state index >= 15 is 0 Å². The number of rotatable bonds is 9. The van der Waals surface area contributed by atoms with E-state index in [1.807, 2.05) is 0 Å². The Bertz CT molecular complexity index is 318. The van der Waals surface area contributed by atoms with Crippen molar-refractivity contribution < 1.29 is 0 Å². The molecule has 1 aromatic rings. The van der Waals surface area contributed by atoms with Crippen LogP contribution in [-0.2, 0) is 6.42 Å². The molecular formula is C18H31N. The summed E-state index contributed by atoms with van der Waals surface area (Å²) in [4.78, 5) is 0. The van der Waals surface area contributed by atoms with Gasteiger partial charge in [0.15, 0.2) is 0 Å². The van der Waals surface area contributed by atoms with Gasteiger partial charge in [-0.15, -0.1) is 0 Å². The van der Waals surface area contributed by atoms with Gasteiger partial charge in [0, 0.05) is 6.04 Å². The zero-order valence-electron chi connectivity index (χ0n) is 13.2. The molecule has 0 bridgehead atoms. The molecule has 0 aromatic heterocycles. The lowest BCUT2D eigenvalue weighted by atomic mass is 9.88. The maximum atomic E-state index is 3.61. The lowest BCUT2D eigenvalue weighted by molar-refractivity contribution is 0.345. The number of nitrogens with one attached hydrogen (secondary N) is 1. The van der Waals surface area contributed by atoms with E-state index in [4.69, 9.17) is 0 Å². The molecule has 1 aromatic carbocycles. The van der Waals surface area contributed by atoms with Crippen molar-refractivity contribution in [1.82, 2.24) is 5.32 Å². The highest BCUT2D eigenvalue weighted by atomic mass is 14.9. The van der Waals surface area contributed by atoms with Crippen molar-refractivity contribution in [2.24, 2.45) is 11.8 Å². The van der Waals surface area contributed by atoms with E-state index in [1.165, 1.54) is 31.2 Å². The molecule has 2 atom stereocenters. The molecule has 19 heavy (non-hydrogen) atoms. The highest BCUT2D eigenvalue weighted by Crippen LogP contribution is 2.20. The van der Waals surface area contributed by atoms with Crippen LogP contribution in [0, 0.1) is 11.8 Å². The second kappa shape index (κ2) is 9.14. The quantitative estimate of drug-likeness (QED) is 0.681. The van der Waals surface area contributed by atoms with Crippen LogP contribution in [0.15, 0.2) is 30.3 Å². The molecule has 0 aliphatic rings. The average Bonchev–Trinajstić information content (AvgIpc) is 2.37. The van der Waals surface area contributed by atoms with Gasteiger partial charge in [0.25, 0.3) is 0 Å². The van der Waals surface area contributed by atoms with Crippen molar-refractivity contribution in [2.75, 3.05) is 6.54 Å². The molecule has 0 heterocycles. The van der Waals surface area contributed by atoms with Crippen LogP contribution in [0.1, 0.15) is 52.5 Å². The molecule has 0 radical (unpaired) electrons. The van der Waals surface area contributed by atoms with Crippen molar-refractivity contribution in [3.63, 3.8) is 0 Å². The third-order valence-electron chi connectivity index (χ3n) is 3.70. The van der Waals surface area contributed by atoms with Crippen molar-refractivity contribution >= 4 is 0 Å². The largest absolute Gasteiger partial charge is 0.314 e. The topological polar surface area (TPSA) is 12.0 Å². The monoisotopic (exact) mass is 261 g/mol. The predicted octanol–water partition coefficient (Wildman–Crippen LogP) is 4.67. The highest BCUT2D eigenvalue weighted by molar-refractivity contribution is 5.15. The van der Waals surface area contributed by atoms with Crippen LogP contribution in [0.5, 0.6) is 0 Å². The molecular weight excluding hydrogens is 230 g/mol. The van der Waals surface area contributed by atoms with E-state index in [-0.39, 0.29) is 0 Å². The summed E-state index contributed by atoms with van der Waals surface area (Å²) in [5.74, 6) is 1.60. The minimum atomic E-state index is 0.583. The Hall–Kier alpha value is -0.820. The van der Waals surface area contributed by atoms with Crippen LogP contribution in [0.3, 0.4) is 0 Å². The van der Waals surface area contributed by atoms with Crippen LogP contribution < -0.4 is 5.32 Å². The van der Waals surface area contributed by atoms with Gasteiger partial charge < -0.3 is 5.32 Å². The fourth-order valence-electron chi connectivity index (χ4n) is 2.77. The molecule has 0 aliphatic carbocycles. The third-order valence-corrected chi connectivity index (χ3v) is 3.70. The summed E-state index contributed by atoms with van der Waals surface area (Å²) >= 11 is 0. The molecule has 0 saturated heterocycles. The molecule has 0 amide bonds. The minimum absolute atomic E-state index is 0.583. The molecule has 0 spiro atoms. The van der Waals surface area contributed by atoms with Crippen LogP contribution in [0.2, 0.25) is 0 Å². The zero-order valence-corrected chi connectivity index (χ0v) is 13.2. The van der Waals surface area contributed by atoms with Gasteiger partial charge >= 0.3 is 0 Å². The first kappa shape index (κ1) is 16.2. The van der Waals surface area contributed by atoms with Crippen molar-refractivity contribution in [3.05, 3.63) is 35.9 Å². The highest BCUT2D eigenvalue weighted by Gasteiger charge is 2.14. The predicted molar refractivity (Wildman–Crippen MR) is 85.5 cm³/mol. The summed E-state index contributed by atoms with van der Waals surface area (Å²) in [6.45, 7) is 10.3. The SMILES string of the molecule is CCCC(C)CC(CNC(C)C)Cc1ccccc1. The Labute approximate surface area is 119 Å². The maximum Gasteiger partial charge on any atom is 0.00104 e. The summed E-state index contributed by atoms with van der Waals surface area (Å²) in [7, 11) is 0. The number of benzene rings is 1. The molecule has 1 rings (SSSR count). The first-order valence-corrected chi connectivity index (χ1v) is 7.89. The average molecular weight is 261 g/mol. The summed E-state index contributed by atoms with van der Waals surface area (Å²) in [6.07, 6.45) is 5.20. The van der Waals surface area contributed by atoms with E-state index in [9.17, 15) is 0 Å². The molecule has 0 fully saturated rings. The molecule has 1 N–H and O–H groups in total. The first-order valence-electron chi connectivity index (χ1n) is 7.89. The molecule has 0 aliphatic heterocycles. The van der Waals surface area contributed by atoms with E-state index in [1.54, 1.807) is 0 Å². The van der Waals surface area contributed by atoms with Crippen molar-refractivity contribution in [2.45, 2.75) is 59.4 Å². The van der Waals surface area contributed by atoms with Gasteiger partial charge in [-0.25, -0.2) is 0 Å². The van der Waals surface area contributed by atoms with Crippen molar-refractivity contribution in [3.8, 4) is 0 Å². The lowest BCUT2D eigenvalue weighted by Gasteiger charge is -2.22. The van der Waals surface area contributed by atoms with Crippen molar-refractivity contribution in [1.29, 1.82) is 0 Å². The van der Waals surface area contributed by atoms with Gasteiger partial charge in [0.05, 0.1) is 0 Å². The fraction of sp³-hybridized carbons (Fsp3) is 0.667. The molecule has 1 heteroatoms. The Balaban J connectivity index is 2.53. The lowest BCUT2D eigenvalue weighted by Crippen LogP contribution is -2.30. The number of hydrogen-bond acceptors (Lipinski definition) is 1. The Morgan fingerprint density at radius 3 is 2.32 bits per heavy atom. The van der Waals surface area contributed by atoms with Gasteiger partial charge in [-0.3, -0.25) is 0 Å². The molecule has 2 unspecified atom stereocenters. The first-order chi connectivity index (χ1) is 9.11. The Morgan fingerprint density at radius 2 is 1.74 bits per heavy atom. The van der Waals surface area contributed by atoms with Gasteiger partial charge in [-0.2, -0.15) is 0 Å². The molecule has 108 valence electrons. The Morgan fingerprint density at radius 1 is 1.05 bits per heavy atom. The van der Waals surface area contributed by atoms with E-state index in [0.29, 0.717) is 6.04 Å². The van der Waals surface area contributed by atoms with E-state index < -0.39 is 0 Å². The molecule has 1 nitrogen and oxygen atoms in total. The summed E-state index contributed by atoms with van der Waals surface area (Å²) in [5.41, 5.74) is 1.47. The number of hydrogen-bond donors (Lipinski definition) is 1. The van der Waals surface area contributed by atoms with Crippen LogP contribution >= 0.6 is 0 Å². The van der Waals surface area contributed by atoms with Crippen LogP contribution in [-0.4, -0.2) is 12.6 Å². The smallest absolute Gasteiger partial charge is 0.00104 e. The molecule has 0 saturated carbocycles. The van der Waals surface area contributed by atoms with Gasteiger partial charge in [-0.1, -0.05) is 70.9 Å². The third kappa shape index (κ3) is 7.37. The van der Waals surface area contributed by atoms with Crippen LogP contribution in [0.25, 0.3) is 0 Å². The maximum absolute atomic E-state index is 3.61. The fourth-order valence-corrected chi connectivity index (χ4v) is 2.77. The second-order valence-electron chi connectivity index (χ2n) is 6.25.